The van der Waals surface area contributed by atoms with Crippen molar-refractivity contribution in [3.05, 3.63) is 27.5 Å². The van der Waals surface area contributed by atoms with Gasteiger partial charge in [0.25, 0.3) is 0 Å². The molecule has 0 N–H and O–H groups in total. The molecular weight excluding hydrogens is 497 g/mol. The van der Waals surface area contributed by atoms with Gasteiger partial charge in [-0.3, -0.25) is 0 Å². The number of ether oxygens (including phenoxy) is 1. The quantitative estimate of drug-likeness (QED) is 0.253. The first kappa shape index (κ1) is 23.9. The Hall–Kier alpha value is -1.38. The third-order valence-corrected chi connectivity index (χ3v) is 4.46. The Balaban J connectivity index is 2.88. The Morgan fingerprint density at radius 1 is 0.483 bits per heavy atom. The van der Waals surface area contributed by atoms with Crippen LogP contribution in [0.3, 0.4) is 0 Å². The Kier molecular flexibility index (Phi) is 5.01. The molecule has 0 aromatic heterocycles. The van der Waals surface area contributed by atoms with E-state index in [0.717, 1.165) is 0 Å². The van der Waals surface area contributed by atoms with E-state index in [-0.39, 0.29) is 0 Å². The highest BCUT2D eigenvalue weighted by Gasteiger charge is 3.03. The summed E-state index contributed by atoms with van der Waals surface area (Å²) < 4.78 is 192. The number of hydrogen-bond acceptors (Lipinski definition) is 1. The van der Waals surface area contributed by atoms with Crippen LogP contribution in [0.25, 0.3) is 0 Å². The van der Waals surface area contributed by atoms with E-state index in [1.807, 2.05) is 0 Å². The fraction of sp³-hybridized carbons (Fsp3) is 0.500. The number of rotatable bonds is 2. The molecule has 17 heteroatoms. The molecule has 0 unspecified atom stereocenters. The number of benzene rings is 1. The van der Waals surface area contributed by atoms with Gasteiger partial charge in [0.05, 0.1) is 0 Å². The predicted molar refractivity (Wildman–Crippen MR) is 65.5 cm³/mol. The summed E-state index contributed by atoms with van der Waals surface area (Å²) in [4.78, 5) is 0. The Morgan fingerprint density at radius 2 is 0.759 bits per heavy atom. The topological polar surface area (TPSA) is 9.23 Å². The van der Waals surface area contributed by atoms with E-state index in [1.54, 1.807) is 0 Å². The Labute approximate surface area is 159 Å². The largest absolute Gasteiger partial charge is 0.441 e. The first-order chi connectivity index (χ1) is 12.6. The van der Waals surface area contributed by atoms with Crippen molar-refractivity contribution < 1.29 is 66.2 Å². The van der Waals surface area contributed by atoms with Crippen LogP contribution >= 0.6 is 23.2 Å². The molecule has 1 aromatic rings. The molecule has 0 amide bonds. The van der Waals surface area contributed by atoms with Crippen molar-refractivity contribution in [2.75, 3.05) is 0 Å². The van der Waals surface area contributed by atoms with Gasteiger partial charge in [0.2, 0.25) is 0 Å². The van der Waals surface area contributed by atoms with E-state index >= 15 is 0 Å². The molecule has 0 saturated heterocycles. The summed E-state index contributed by atoms with van der Waals surface area (Å²) in [7, 11) is 0. The van der Waals surface area contributed by atoms with Crippen molar-refractivity contribution in [1.29, 1.82) is 0 Å². The molecule has 0 spiro atoms. The molecule has 29 heavy (non-hydrogen) atoms. The van der Waals surface area contributed by atoms with Crippen LogP contribution in [0.1, 0.15) is 0 Å². The van der Waals surface area contributed by atoms with Crippen molar-refractivity contribution in [3.8, 4) is 5.75 Å². The fourth-order valence-corrected chi connectivity index (χ4v) is 2.54. The van der Waals surface area contributed by atoms with Gasteiger partial charge in [0.1, 0.15) is 10.0 Å². The molecule has 1 saturated carbocycles. The highest BCUT2D eigenvalue weighted by molar-refractivity contribution is 6.35. The lowest BCUT2D eigenvalue weighted by atomic mass is 9.78. The van der Waals surface area contributed by atoms with E-state index in [1.165, 1.54) is 0 Å². The summed E-state index contributed by atoms with van der Waals surface area (Å²) in [5.74, 6) is -56.0. The lowest BCUT2D eigenvalue weighted by molar-refractivity contribution is -0.513. The van der Waals surface area contributed by atoms with Gasteiger partial charge in [-0.2, -0.15) is 48.3 Å². The van der Waals surface area contributed by atoms with Crippen molar-refractivity contribution in [2.24, 2.45) is 0 Å². The van der Waals surface area contributed by atoms with E-state index < -0.39 is 68.7 Å². The smallest absolute Gasteiger partial charge is 0.391 e. The normalized spacial score (nSPS) is 25.5. The molecule has 0 heterocycles. The second kappa shape index (κ2) is 6.08. The van der Waals surface area contributed by atoms with Crippen LogP contribution in [0.5, 0.6) is 5.75 Å². The monoisotopic (exact) mass is 496 g/mol. The van der Waals surface area contributed by atoms with Crippen LogP contribution in [0.4, 0.5) is 61.5 Å². The lowest BCUT2D eigenvalue weighted by Crippen LogP contribution is -2.85. The molecule has 2 rings (SSSR count). The second-order valence-electron chi connectivity index (χ2n) is 5.47. The third-order valence-electron chi connectivity index (χ3n) is 3.80. The minimum Gasteiger partial charge on any atom is -0.441 e. The first-order valence-corrected chi connectivity index (χ1v) is 7.19. The maximum atomic E-state index is 14.3. The summed E-state index contributed by atoms with van der Waals surface area (Å²) >= 11 is 9.66. The van der Waals surface area contributed by atoms with Crippen LogP contribution in [0, 0.1) is 17.5 Å². The average molecular weight is 497 g/mol. The van der Waals surface area contributed by atoms with Gasteiger partial charge in [0, 0.05) is 0 Å². The van der Waals surface area contributed by atoms with Gasteiger partial charge in [-0.05, 0) is 0 Å². The molecular formula is C12Cl2F14O. The SMILES string of the molecule is Fc1c(Cl)c(F)c(OC2(F)C(F)(F)C(F)(F)C(F)(F)C(F)(F)C2(F)F)c(F)c1Cl. The van der Waals surface area contributed by atoms with Crippen LogP contribution in [-0.2, 0) is 0 Å². The fourth-order valence-electron chi connectivity index (χ4n) is 2.14. The molecule has 0 aliphatic heterocycles. The van der Waals surface area contributed by atoms with Crippen molar-refractivity contribution in [3.63, 3.8) is 0 Å². The zero-order valence-electron chi connectivity index (χ0n) is 12.5. The standard InChI is InChI=1S/C12Cl2F14O/c13-1-3(15)2(14)5(17)6(4(1)16)29-12(28)10(24,25)8(20,21)7(18,19)9(22,23)11(12,26)27. The number of hydrogen-bond donors (Lipinski definition) is 0. The number of alkyl halides is 11. The Morgan fingerprint density at radius 3 is 1.07 bits per heavy atom. The van der Waals surface area contributed by atoms with E-state index in [0.29, 0.717) is 0 Å². The second-order valence-corrected chi connectivity index (χ2v) is 6.22. The van der Waals surface area contributed by atoms with E-state index in [4.69, 9.17) is 23.2 Å². The summed E-state index contributed by atoms with van der Waals surface area (Å²) in [5.41, 5.74) is 0. The highest BCUT2D eigenvalue weighted by Crippen LogP contribution is 2.69. The molecule has 166 valence electrons. The molecule has 1 aliphatic carbocycles. The summed E-state index contributed by atoms with van der Waals surface area (Å²) in [6.07, 6.45) is 0. The minimum absolute atomic E-state index is 2.05. The summed E-state index contributed by atoms with van der Waals surface area (Å²) in [6, 6.07) is 0. The van der Waals surface area contributed by atoms with Crippen LogP contribution in [0.15, 0.2) is 0 Å². The molecule has 1 aromatic carbocycles. The average Bonchev–Trinajstić information content (AvgIpc) is 2.59. The first-order valence-electron chi connectivity index (χ1n) is 6.43. The maximum Gasteiger partial charge on any atom is 0.391 e. The highest BCUT2D eigenvalue weighted by atomic mass is 35.5. The van der Waals surface area contributed by atoms with Gasteiger partial charge in [-0.1, -0.05) is 23.2 Å². The van der Waals surface area contributed by atoms with Gasteiger partial charge < -0.3 is 4.74 Å². The summed E-state index contributed by atoms with van der Waals surface area (Å²) in [5, 5.41) is -4.11. The maximum absolute atomic E-state index is 14.3. The zero-order chi connectivity index (χ0) is 23.2. The van der Waals surface area contributed by atoms with Crippen molar-refractivity contribution in [2.45, 2.75) is 35.5 Å². The van der Waals surface area contributed by atoms with Crippen LogP contribution in [0.2, 0.25) is 10.0 Å². The third kappa shape index (κ3) is 2.42. The Bertz CT molecular complexity index is 808. The van der Waals surface area contributed by atoms with Crippen LogP contribution in [-0.4, -0.2) is 35.5 Å². The van der Waals surface area contributed by atoms with E-state index in [9.17, 15) is 61.5 Å². The molecule has 1 fully saturated rings. The molecule has 0 atom stereocenters. The molecule has 1 nitrogen and oxygen atoms in total. The predicted octanol–water partition coefficient (Wildman–Crippen LogP) is 6.65. The molecule has 1 aliphatic rings. The minimum atomic E-state index is -7.58. The lowest BCUT2D eigenvalue weighted by Gasteiger charge is -2.51. The van der Waals surface area contributed by atoms with Gasteiger partial charge >= 0.3 is 35.5 Å². The summed E-state index contributed by atoms with van der Waals surface area (Å²) in [6.45, 7) is 0. The molecule has 0 bridgehead atoms. The van der Waals surface area contributed by atoms with Gasteiger partial charge in [-0.25, -0.2) is 13.2 Å². The van der Waals surface area contributed by atoms with Gasteiger partial charge in [0.15, 0.2) is 23.2 Å². The van der Waals surface area contributed by atoms with Gasteiger partial charge in [-0.15, -0.1) is 0 Å². The zero-order valence-corrected chi connectivity index (χ0v) is 14.0. The number of halogens is 16. The molecule has 0 radical (unpaired) electrons. The van der Waals surface area contributed by atoms with Crippen molar-refractivity contribution >= 4 is 23.2 Å². The van der Waals surface area contributed by atoms with Crippen LogP contribution < -0.4 is 4.74 Å². The van der Waals surface area contributed by atoms with E-state index in [2.05, 4.69) is 4.74 Å². The van der Waals surface area contributed by atoms with Crippen molar-refractivity contribution in [1.82, 2.24) is 0 Å².